The van der Waals surface area contributed by atoms with Crippen molar-refractivity contribution in [1.82, 2.24) is 4.98 Å². The Labute approximate surface area is 146 Å². The molecule has 0 radical (unpaired) electrons. The average molecular weight is 427 g/mol. The third-order valence-electron chi connectivity index (χ3n) is 3.13. The number of halogens is 7. The molecule has 2 rings (SSSR count). The van der Waals surface area contributed by atoms with E-state index in [-0.39, 0.29) is 11.9 Å². The molecule has 0 fully saturated rings. The highest BCUT2D eigenvalue weighted by Crippen LogP contribution is 2.36. The molecule has 2 aromatic rings. The van der Waals surface area contributed by atoms with Crippen molar-refractivity contribution < 1.29 is 31.1 Å². The largest absolute Gasteiger partial charge is 0.416 e. The molecule has 0 saturated heterocycles. The topological polar surface area (TPSA) is 42.0 Å². The van der Waals surface area contributed by atoms with Crippen LogP contribution in [0.5, 0.6) is 0 Å². The van der Waals surface area contributed by atoms with Crippen LogP contribution in [-0.4, -0.2) is 10.9 Å². The van der Waals surface area contributed by atoms with Gasteiger partial charge in [-0.2, -0.15) is 26.3 Å². The molecule has 3 nitrogen and oxygen atoms in total. The van der Waals surface area contributed by atoms with Gasteiger partial charge in [-0.25, -0.2) is 4.98 Å². The average Bonchev–Trinajstić information content (AvgIpc) is 2.47. The molecule has 25 heavy (non-hydrogen) atoms. The minimum atomic E-state index is -5.03. The minimum absolute atomic E-state index is 0.0270. The molecule has 0 saturated carbocycles. The van der Waals surface area contributed by atoms with Crippen molar-refractivity contribution in [2.75, 3.05) is 5.32 Å². The molecule has 0 atom stereocenters. The molecule has 1 N–H and O–H groups in total. The highest BCUT2D eigenvalue weighted by atomic mass is 79.9. The van der Waals surface area contributed by atoms with Gasteiger partial charge < -0.3 is 5.32 Å². The number of hydrogen-bond donors (Lipinski definition) is 1. The number of alkyl halides is 6. The Morgan fingerprint density at radius 1 is 1.00 bits per heavy atom. The van der Waals surface area contributed by atoms with Gasteiger partial charge in [0.05, 0.1) is 11.1 Å². The number of rotatable bonds is 2. The summed E-state index contributed by atoms with van der Waals surface area (Å²) < 4.78 is 77.5. The Balaban J connectivity index is 2.44. The Hall–Kier alpha value is -2.10. The van der Waals surface area contributed by atoms with E-state index in [1.807, 2.05) is 0 Å². The Morgan fingerprint density at radius 2 is 1.52 bits per heavy atom. The van der Waals surface area contributed by atoms with Crippen molar-refractivity contribution in [2.24, 2.45) is 0 Å². The maximum atomic E-state index is 12.8. The number of pyridine rings is 1. The van der Waals surface area contributed by atoms with Crippen LogP contribution < -0.4 is 5.32 Å². The Kier molecular flexibility index (Phi) is 5.12. The summed E-state index contributed by atoms with van der Waals surface area (Å²) in [5.74, 6) is -1.10. The minimum Gasteiger partial charge on any atom is -0.306 e. The van der Waals surface area contributed by atoms with Crippen LogP contribution in [0.25, 0.3) is 0 Å². The number of benzene rings is 1. The summed E-state index contributed by atoms with van der Waals surface area (Å²) in [5.41, 5.74) is -3.42. The van der Waals surface area contributed by atoms with E-state index in [0.717, 1.165) is 0 Å². The van der Waals surface area contributed by atoms with Gasteiger partial charge >= 0.3 is 12.4 Å². The molecule has 0 aliphatic rings. The zero-order valence-corrected chi connectivity index (χ0v) is 14.0. The van der Waals surface area contributed by atoms with Gasteiger partial charge in [0.1, 0.15) is 5.82 Å². The third-order valence-corrected chi connectivity index (χ3v) is 3.56. The number of nitrogens with zero attached hydrogens (tertiary/aromatic N) is 1. The fraction of sp³-hybridized carbons (Fsp3) is 0.200. The summed E-state index contributed by atoms with van der Waals surface area (Å²) in [6, 6.07) is 2.26. The number of carbonyl (C=O) groups is 1. The third kappa shape index (κ3) is 4.71. The first-order valence-corrected chi connectivity index (χ1v) is 7.40. The molecule has 1 heterocycles. The number of hydrogen-bond acceptors (Lipinski definition) is 2. The first-order chi connectivity index (χ1) is 11.4. The second-order valence-electron chi connectivity index (χ2n) is 5.07. The lowest BCUT2D eigenvalue weighted by molar-refractivity contribution is -0.143. The van der Waals surface area contributed by atoms with Gasteiger partial charge in [0.15, 0.2) is 0 Å². The smallest absolute Gasteiger partial charge is 0.306 e. The number of nitrogens with one attached hydrogen (secondary N) is 1. The van der Waals surface area contributed by atoms with E-state index in [9.17, 15) is 31.1 Å². The van der Waals surface area contributed by atoms with Gasteiger partial charge in [0.25, 0.3) is 5.91 Å². The summed E-state index contributed by atoms with van der Waals surface area (Å²) in [4.78, 5) is 16.0. The van der Waals surface area contributed by atoms with E-state index in [2.05, 4.69) is 26.2 Å². The SMILES string of the molecule is Cc1cc(Br)cnc1NC(=O)c1cc(C(F)(F)F)cc(C(F)(F)F)c1. The molecular formula is C15H9BrF6N2O. The molecular weight excluding hydrogens is 418 g/mol. The molecule has 0 bridgehead atoms. The predicted octanol–water partition coefficient (Wildman–Crippen LogP) is 5.44. The van der Waals surface area contributed by atoms with Crippen molar-refractivity contribution in [3.05, 3.63) is 57.2 Å². The number of anilines is 1. The maximum absolute atomic E-state index is 12.8. The highest BCUT2D eigenvalue weighted by Gasteiger charge is 2.37. The van der Waals surface area contributed by atoms with Crippen LogP contribution in [0.2, 0.25) is 0 Å². The van der Waals surface area contributed by atoms with Crippen LogP contribution in [0.4, 0.5) is 32.2 Å². The molecule has 1 aromatic heterocycles. The predicted molar refractivity (Wildman–Crippen MR) is 81.1 cm³/mol. The van der Waals surface area contributed by atoms with Crippen molar-refractivity contribution in [3.8, 4) is 0 Å². The molecule has 0 aliphatic carbocycles. The monoisotopic (exact) mass is 426 g/mol. The summed E-state index contributed by atoms with van der Waals surface area (Å²) in [7, 11) is 0. The van der Waals surface area contributed by atoms with Gasteiger partial charge in [-0.15, -0.1) is 0 Å². The number of aromatic nitrogens is 1. The zero-order valence-electron chi connectivity index (χ0n) is 12.4. The van der Waals surface area contributed by atoms with E-state index < -0.39 is 35.0 Å². The normalized spacial score (nSPS) is 12.2. The van der Waals surface area contributed by atoms with Gasteiger partial charge in [-0.1, -0.05) is 0 Å². The first kappa shape index (κ1) is 19.2. The Morgan fingerprint density at radius 3 is 1.96 bits per heavy atom. The second-order valence-corrected chi connectivity index (χ2v) is 5.98. The number of aryl methyl sites for hydroxylation is 1. The van der Waals surface area contributed by atoms with Gasteiger partial charge in [-0.05, 0) is 52.7 Å². The van der Waals surface area contributed by atoms with E-state index in [0.29, 0.717) is 22.2 Å². The summed E-state index contributed by atoms with van der Waals surface area (Å²) in [5, 5.41) is 2.21. The fourth-order valence-corrected chi connectivity index (χ4v) is 2.38. The lowest BCUT2D eigenvalue weighted by Crippen LogP contribution is -2.18. The van der Waals surface area contributed by atoms with E-state index in [1.165, 1.54) is 6.20 Å². The van der Waals surface area contributed by atoms with Crippen molar-refractivity contribution in [2.45, 2.75) is 19.3 Å². The first-order valence-electron chi connectivity index (χ1n) is 6.61. The second kappa shape index (κ2) is 6.66. The van der Waals surface area contributed by atoms with Crippen LogP contribution in [0.15, 0.2) is 34.9 Å². The lowest BCUT2D eigenvalue weighted by Gasteiger charge is -2.14. The summed E-state index contributed by atoms with van der Waals surface area (Å²) in [6.45, 7) is 1.57. The molecule has 0 spiro atoms. The van der Waals surface area contributed by atoms with Crippen LogP contribution in [0.1, 0.15) is 27.0 Å². The molecule has 10 heteroatoms. The maximum Gasteiger partial charge on any atom is 0.416 e. The van der Waals surface area contributed by atoms with Gasteiger partial charge in [0, 0.05) is 16.2 Å². The zero-order chi connectivity index (χ0) is 19.0. The van der Waals surface area contributed by atoms with Crippen molar-refractivity contribution in [1.29, 1.82) is 0 Å². The standard InChI is InChI=1S/C15H9BrF6N2O/c1-7-2-11(16)6-23-12(7)24-13(25)8-3-9(14(17,18)19)5-10(4-8)15(20,21)22/h2-6H,1H3,(H,23,24,25). The lowest BCUT2D eigenvalue weighted by atomic mass is 10.0. The fourth-order valence-electron chi connectivity index (χ4n) is 1.94. The summed E-state index contributed by atoms with van der Waals surface area (Å²) >= 11 is 3.14. The van der Waals surface area contributed by atoms with Crippen LogP contribution in [-0.2, 0) is 12.4 Å². The van der Waals surface area contributed by atoms with Crippen LogP contribution in [0.3, 0.4) is 0 Å². The van der Waals surface area contributed by atoms with Crippen LogP contribution in [0, 0.1) is 6.92 Å². The molecule has 0 aliphatic heterocycles. The van der Waals surface area contributed by atoms with E-state index in [1.54, 1.807) is 13.0 Å². The quantitative estimate of drug-likeness (QED) is 0.649. The molecule has 0 unspecified atom stereocenters. The van der Waals surface area contributed by atoms with E-state index >= 15 is 0 Å². The van der Waals surface area contributed by atoms with Gasteiger partial charge in [-0.3, -0.25) is 4.79 Å². The molecule has 134 valence electrons. The highest BCUT2D eigenvalue weighted by molar-refractivity contribution is 9.10. The van der Waals surface area contributed by atoms with Gasteiger partial charge in [0.2, 0.25) is 0 Å². The van der Waals surface area contributed by atoms with Crippen LogP contribution >= 0.6 is 15.9 Å². The van der Waals surface area contributed by atoms with Crippen molar-refractivity contribution >= 4 is 27.7 Å². The summed E-state index contributed by atoms with van der Waals surface area (Å²) in [6.07, 6.45) is -8.72. The van der Waals surface area contributed by atoms with Crippen molar-refractivity contribution in [3.63, 3.8) is 0 Å². The van der Waals surface area contributed by atoms with E-state index in [4.69, 9.17) is 0 Å². The Bertz CT molecular complexity index is 784. The number of amides is 1. The number of carbonyl (C=O) groups excluding carboxylic acids is 1. The molecule has 1 aromatic carbocycles. The molecule has 1 amide bonds.